The van der Waals surface area contributed by atoms with Crippen molar-refractivity contribution in [3.05, 3.63) is 75.6 Å². The summed E-state index contributed by atoms with van der Waals surface area (Å²) in [6, 6.07) is 9.15. The number of aliphatic hydroxyl groups is 2. The molecule has 3 aliphatic rings. The molecule has 0 spiro atoms. The second-order valence-corrected chi connectivity index (χ2v) is 11.2. The smallest absolute Gasteiger partial charge is 0.255 e. The van der Waals surface area contributed by atoms with Gasteiger partial charge in [-0.1, -0.05) is 18.2 Å². The first-order valence-corrected chi connectivity index (χ1v) is 13.5. The zero-order chi connectivity index (χ0) is 30.0. The minimum Gasteiger partial charge on any atom is -0.508 e. The molecule has 0 aliphatic heterocycles. The van der Waals surface area contributed by atoms with Crippen LogP contribution < -0.4 is 11.1 Å². The Kier molecular flexibility index (Phi) is 6.87. The van der Waals surface area contributed by atoms with Crippen molar-refractivity contribution < 1.29 is 34.5 Å². The lowest BCUT2D eigenvalue weighted by molar-refractivity contribution is -0.133. The predicted octanol–water partition coefficient (Wildman–Crippen LogP) is 2.04. The van der Waals surface area contributed by atoms with Crippen LogP contribution in [0, 0.1) is 11.8 Å². The summed E-state index contributed by atoms with van der Waals surface area (Å²) in [6.07, 6.45) is 0.448. The fourth-order valence-electron chi connectivity index (χ4n) is 6.95. The lowest BCUT2D eigenvalue weighted by atomic mass is 9.57. The van der Waals surface area contributed by atoms with E-state index in [1.165, 1.54) is 13.0 Å². The van der Waals surface area contributed by atoms with Gasteiger partial charge in [0, 0.05) is 23.6 Å². The van der Waals surface area contributed by atoms with E-state index >= 15 is 0 Å². The average Bonchev–Trinajstić information content (AvgIpc) is 2.90. The van der Waals surface area contributed by atoms with Gasteiger partial charge in [-0.2, -0.15) is 0 Å². The number of primary amides is 1. The Morgan fingerprint density at radius 1 is 1.15 bits per heavy atom. The molecule has 2 aromatic rings. The molecule has 2 amide bonds. The number of allylic oxidation sites excluding steroid dienone is 1. The van der Waals surface area contributed by atoms with E-state index in [0.29, 0.717) is 35.2 Å². The fraction of sp³-hybridized carbons (Fsp3) is 0.355. The van der Waals surface area contributed by atoms with E-state index in [4.69, 9.17) is 5.73 Å². The lowest BCUT2D eigenvalue weighted by Gasteiger charge is -2.51. The highest BCUT2D eigenvalue weighted by Crippen LogP contribution is 2.54. The highest BCUT2D eigenvalue weighted by molar-refractivity contribution is 6.22. The summed E-state index contributed by atoms with van der Waals surface area (Å²) in [5.41, 5.74) is 5.43. The van der Waals surface area contributed by atoms with E-state index < -0.39 is 52.3 Å². The van der Waals surface area contributed by atoms with Gasteiger partial charge in [-0.15, -0.1) is 0 Å². The molecule has 0 fully saturated rings. The van der Waals surface area contributed by atoms with Crippen LogP contribution in [0.3, 0.4) is 0 Å². The average molecular weight is 560 g/mol. The summed E-state index contributed by atoms with van der Waals surface area (Å²) < 4.78 is 0. The quantitative estimate of drug-likeness (QED) is 0.347. The molecule has 0 heterocycles. The van der Waals surface area contributed by atoms with Crippen LogP contribution in [-0.4, -0.2) is 75.9 Å². The minimum atomic E-state index is -2.18. The number of hydrogen-bond donors (Lipinski definition) is 5. The first-order chi connectivity index (χ1) is 19.3. The standard InChI is InChI=1S/C31H33N3O7/c1-5-33-30(40)16-8-6-7-15(11-16)18-9-10-21(35)23-19(18)12-17-13-20-25(34(3)4)27(37)24(29(32)39)28(38)31(20,41)14(2)22(17)26(23)36/h6-11,17,20,25,35,38,41H,5,12-13H2,1-4H3,(H2,32,39)(H,33,40)/t17-,20-,25-,31+/m0/s1. The van der Waals surface area contributed by atoms with Crippen molar-refractivity contribution >= 4 is 23.4 Å². The second kappa shape index (κ2) is 9.97. The minimum absolute atomic E-state index is 0.0770. The number of nitrogens with zero attached hydrogens (tertiary/aromatic N) is 1. The van der Waals surface area contributed by atoms with Crippen molar-refractivity contribution in [1.29, 1.82) is 0 Å². The molecule has 10 heteroatoms. The first-order valence-electron chi connectivity index (χ1n) is 13.5. The molecule has 41 heavy (non-hydrogen) atoms. The van der Waals surface area contributed by atoms with Crippen molar-refractivity contribution in [2.24, 2.45) is 17.6 Å². The van der Waals surface area contributed by atoms with Crippen molar-refractivity contribution in [2.75, 3.05) is 20.6 Å². The maximum Gasteiger partial charge on any atom is 0.255 e. The largest absolute Gasteiger partial charge is 0.508 e. The van der Waals surface area contributed by atoms with Gasteiger partial charge in [-0.3, -0.25) is 24.1 Å². The third kappa shape index (κ3) is 4.08. The number of phenolic OH excluding ortho intramolecular Hbond substituents is 1. The second-order valence-electron chi connectivity index (χ2n) is 11.2. The van der Waals surface area contributed by atoms with E-state index in [0.717, 1.165) is 0 Å². The SMILES string of the molecule is CCNC(=O)c1cccc(-c2ccc(O)c3c2C[C@H]2C[C@H]4[C@H](N(C)C)C(=O)C(C(N)=O)=C(O)[C@@]4(O)C(C)=C2C3=O)c1. The monoisotopic (exact) mass is 559 g/mol. The maximum atomic E-state index is 14.1. The number of carbonyl (C=O) groups excluding carboxylic acids is 4. The summed E-state index contributed by atoms with van der Waals surface area (Å²) >= 11 is 0. The Balaban J connectivity index is 1.70. The van der Waals surface area contributed by atoms with E-state index in [1.807, 2.05) is 13.0 Å². The van der Waals surface area contributed by atoms with Crippen molar-refractivity contribution in [3.63, 3.8) is 0 Å². The zero-order valence-electron chi connectivity index (χ0n) is 23.3. The van der Waals surface area contributed by atoms with Gasteiger partial charge in [0.2, 0.25) is 0 Å². The topological polar surface area (TPSA) is 170 Å². The molecule has 0 saturated carbocycles. The van der Waals surface area contributed by atoms with E-state index in [2.05, 4.69) is 5.32 Å². The molecule has 5 rings (SSSR count). The molecule has 4 atom stereocenters. The van der Waals surface area contributed by atoms with Crippen LogP contribution in [-0.2, 0) is 16.0 Å². The predicted molar refractivity (Wildman–Crippen MR) is 150 cm³/mol. The molecule has 6 N–H and O–H groups in total. The third-order valence-corrected chi connectivity index (χ3v) is 8.74. The molecule has 0 saturated heterocycles. The molecule has 0 unspecified atom stereocenters. The van der Waals surface area contributed by atoms with Gasteiger partial charge in [-0.05, 0) is 87.2 Å². The number of fused-ring (bicyclic) bond motifs is 3. The number of aliphatic hydroxyl groups excluding tert-OH is 1. The summed E-state index contributed by atoms with van der Waals surface area (Å²) in [5.74, 6) is -5.00. The fourth-order valence-corrected chi connectivity index (χ4v) is 6.95. The van der Waals surface area contributed by atoms with Crippen LogP contribution in [0.15, 0.2) is 58.9 Å². The molecule has 3 aliphatic carbocycles. The zero-order valence-corrected chi connectivity index (χ0v) is 23.3. The van der Waals surface area contributed by atoms with Gasteiger partial charge in [0.15, 0.2) is 11.6 Å². The molecule has 214 valence electrons. The number of phenols is 1. The molecule has 0 aromatic heterocycles. The Hall–Kier alpha value is -4.28. The van der Waals surface area contributed by atoms with Crippen LogP contribution in [0.25, 0.3) is 11.1 Å². The van der Waals surface area contributed by atoms with Crippen molar-refractivity contribution in [1.82, 2.24) is 10.2 Å². The summed E-state index contributed by atoms with van der Waals surface area (Å²) in [7, 11) is 3.27. The van der Waals surface area contributed by atoms with Gasteiger partial charge in [0.05, 0.1) is 11.6 Å². The number of carbonyl (C=O) groups is 4. The Bertz CT molecular complexity index is 1590. The van der Waals surface area contributed by atoms with Gasteiger partial charge >= 0.3 is 0 Å². The number of Topliss-reactive ketones (excluding diaryl/α,β-unsaturated/α-hetero) is 2. The van der Waals surface area contributed by atoms with Gasteiger partial charge in [0.25, 0.3) is 11.8 Å². The van der Waals surface area contributed by atoms with Crippen LogP contribution in [0.5, 0.6) is 5.75 Å². The Labute approximate surface area is 237 Å². The summed E-state index contributed by atoms with van der Waals surface area (Å²) in [4.78, 5) is 53.7. The number of aromatic hydroxyl groups is 1. The number of likely N-dealkylation sites (N-methyl/N-ethyl adjacent to an activating group) is 1. The van der Waals surface area contributed by atoms with Crippen molar-refractivity contribution in [3.8, 4) is 16.9 Å². The number of hydrogen-bond acceptors (Lipinski definition) is 8. The first kappa shape index (κ1) is 28.3. The molecular formula is C31H33N3O7. The van der Waals surface area contributed by atoms with Crippen molar-refractivity contribution in [2.45, 2.75) is 38.3 Å². The van der Waals surface area contributed by atoms with Crippen LogP contribution in [0.2, 0.25) is 0 Å². The number of benzene rings is 2. The van der Waals surface area contributed by atoms with Crippen LogP contribution in [0.4, 0.5) is 0 Å². The molecule has 10 nitrogen and oxygen atoms in total. The number of nitrogens with one attached hydrogen (secondary N) is 1. The number of ketones is 2. The van der Waals surface area contributed by atoms with Gasteiger partial charge in [-0.25, -0.2) is 0 Å². The number of amides is 2. The van der Waals surface area contributed by atoms with E-state index in [-0.39, 0.29) is 34.8 Å². The summed E-state index contributed by atoms with van der Waals surface area (Å²) in [6.45, 7) is 3.80. The highest BCUT2D eigenvalue weighted by Gasteiger charge is 2.60. The van der Waals surface area contributed by atoms with Gasteiger partial charge in [0.1, 0.15) is 22.7 Å². The third-order valence-electron chi connectivity index (χ3n) is 8.74. The highest BCUT2D eigenvalue weighted by atomic mass is 16.3. The van der Waals surface area contributed by atoms with E-state index in [9.17, 15) is 34.5 Å². The van der Waals surface area contributed by atoms with Crippen LogP contribution >= 0.6 is 0 Å². The van der Waals surface area contributed by atoms with E-state index in [1.54, 1.807) is 43.3 Å². The lowest BCUT2D eigenvalue weighted by Crippen LogP contribution is -2.62. The molecule has 0 bridgehead atoms. The normalized spacial score (nSPS) is 25.6. The molecular weight excluding hydrogens is 526 g/mol. The summed E-state index contributed by atoms with van der Waals surface area (Å²) in [5, 5.41) is 36.8. The maximum absolute atomic E-state index is 14.1. The molecule has 2 aromatic carbocycles. The van der Waals surface area contributed by atoms with Crippen LogP contribution in [0.1, 0.15) is 46.5 Å². The molecule has 0 radical (unpaired) electrons. The number of rotatable bonds is 5. The Morgan fingerprint density at radius 3 is 2.49 bits per heavy atom. The Morgan fingerprint density at radius 2 is 1.85 bits per heavy atom. The van der Waals surface area contributed by atoms with Gasteiger partial charge < -0.3 is 26.4 Å². The number of nitrogens with two attached hydrogens (primary N) is 1.